The highest BCUT2D eigenvalue weighted by Crippen LogP contribution is 2.36. The van der Waals surface area contributed by atoms with Gasteiger partial charge in [0, 0.05) is 12.1 Å². The predicted molar refractivity (Wildman–Crippen MR) is 89.0 cm³/mol. The summed E-state index contributed by atoms with van der Waals surface area (Å²) < 4.78 is 5.22. The Morgan fingerprint density at radius 1 is 1.09 bits per heavy atom. The third-order valence-electron chi connectivity index (χ3n) is 3.21. The maximum Gasteiger partial charge on any atom is 0.281 e. The van der Waals surface area contributed by atoms with E-state index < -0.39 is 4.92 Å². The second-order valence-electron chi connectivity index (χ2n) is 4.75. The van der Waals surface area contributed by atoms with Crippen LogP contribution >= 0.6 is 11.6 Å². The Hall–Kier alpha value is -2.92. The van der Waals surface area contributed by atoms with Gasteiger partial charge in [0.15, 0.2) is 5.76 Å². The molecule has 0 N–H and O–H groups in total. The topological polar surface area (TPSA) is 69.2 Å². The van der Waals surface area contributed by atoms with Gasteiger partial charge in [0.25, 0.3) is 5.69 Å². The van der Waals surface area contributed by atoms with E-state index in [-0.39, 0.29) is 22.0 Å². The molecule has 0 atom stereocenters. The van der Waals surface area contributed by atoms with E-state index in [4.69, 9.17) is 16.1 Å². The molecule has 23 heavy (non-hydrogen) atoms. The Bertz CT molecular complexity index is 873. The summed E-state index contributed by atoms with van der Waals surface area (Å²) in [6, 6.07) is 15.8. The van der Waals surface area contributed by atoms with E-state index in [0.29, 0.717) is 5.69 Å². The molecule has 0 aliphatic heterocycles. The first-order valence-corrected chi connectivity index (χ1v) is 7.16. The molecule has 0 aliphatic rings. The summed E-state index contributed by atoms with van der Waals surface area (Å²) in [5.41, 5.74) is 1.68. The highest BCUT2D eigenvalue weighted by Gasteiger charge is 2.21. The minimum absolute atomic E-state index is 0.118. The zero-order valence-corrected chi connectivity index (χ0v) is 12.6. The first-order valence-electron chi connectivity index (χ1n) is 6.78. The van der Waals surface area contributed by atoms with Gasteiger partial charge in [0.1, 0.15) is 11.3 Å². The minimum atomic E-state index is -0.497. The van der Waals surface area contributed by atoms with Gasteiger partial charge in [-0.1, -0.05) is 59.2 Å². The number of halogens is 1. The maximum atomic E-state index is 11.1. The summed E-state index contributed by atoms with van der Waals surface area (Å²) >= 11 is 6.08. The van der Waals surface area contributed by atoms with E-state index in [1.54, 1.807) is 18.2 Å². The molecule has 0 saturated heterocycles. The molecule has 0 bridgehead atoms. The molecule has 0 amide bonds. The molecule has 0 saturated carbocycles. The third-order valence-corrected chi connectivity index (χ3v) is 3.52. The van der Waals surface area contributed by atoms with Crippen LogP contribution in [0.1, 0.15) is 11.3 Å². The van der Waals surface area contributed by atoms with Crippen LogP contribution in [0.25, 0.3) is 23.5 Å². The van der Waals surface area contributed by atoms with Crippen LogP contribution in [-0.4, -0.2) is 10.1 Å². The maximum absolute atomic E-state index is 11.1. The van der Waals surface area contributed by atoms with Crippen LogP contribution in [0, 0.1) is 10.1 Å². The molecule has 1 aromatic heterocycles. The number of benzene rings is 2. The van der Waals surface area contributed by atoms with Crippen LogP contribution in [0.3, 0.4) is 0 Å². The second kappa shape index (κ2) is 6.46. The number of hydrogen-bond acceptors (Lipinski definition) is 4. The van der Waals surface area contributed by atoms with Crippen LogP contribution in [0.4, 0.5) is 5.69 Å². The fraction of sp³-hybridized carbons (Fsp3) is 0. The largest absolute Gasteiger partial charge is 0.355 e. The van der Waals surface area contributed by atoms with Crippen molar-refractivity contribution >= 4 is 29.4 Å². The number of rotatable bonds is 4. The van der Waals surface area contributed by atoms with Gasteiger partial charge in [-0.05, 0) is 17.7 Å². The number of nitro benzene ring substituents is 1. The summed E-state index contributed by atoms with van der Waals surface area (Å²) in [5, 5.41) is 15.3. The van der Waals surface area contributed by atoms with Crippen molar-refractivity contribution in [2.45, 2.75) is 0 Å². The summed E-state index contributed by atoms with van der Waals surface area (Å²) in [6.45, 7) is 0. The fourth-order valence-electron chi connectivity index (χ4n) is 2.14. The van der Waals surface area contributed by atoms with E-state index >= 15 is 0 Å². The van der Waals surface area contributed by atoms with Crippen LogP contribution in [0.2, 0.25) is 5.02 Å². The molecule has 1 heterocycles. The Kier molecular flexibility index (Phi) is 4.21. The Labute approximate surface area is 137 Å². The second-order valence-corrected chi connectivity index (χ2v) is 5.16. The Balaban J connectivity index is 1.94. The van der Waals surface area contributed by atoms with Gasteiger partial charge >= 0.3 is 0 Å². The van der Waals surface area contributed by atoms with Gasteiger partial charge in [-0.25, -0.2) is 0 Å². The van der Waals surface area contributed by atoms with Gasteiger partial charge in [0.05, 0.1) is 9.95 Å². The van der Waals surface area contributed by atoms with Crippen molar-refractivity contribution in [3.8, 4) is 11.3 Å². The fourth-order valence-corrected chi connectivity index (χ4v) is 2.40. The van der Waals surface area contributed by atoms with Gasteiger partial charge in [0.2, 0.25) is 0 Å². The van der Waals surface area contributed by atoms with E-state index in [1.165, 1.54) is 12.1 Å². The van der Waals surface area contributed by atoms with E-state index in [9.17, 15) is 10.1 Å². The quantitative estimate of drug-likeness (QED) is 0.495. The lowest BCUT2D eigenvalue weighted by atomic mass is 10.1. The molecule has 114 valence electrons. The highest BCUT2D eigenvalue weighted by atomic mass is 35.5. The molecule has 6 heteroatoms. The normalized spacial score (nSPS) is 11.0. The average molecular weight is 327 g/mol. The smallest absolute Gasteiger partial charge is 0.281 e. The van der Waals surface area contributed by atoms with Gasteiger partial charge in [-0.15, -0.1) is 0 Å². The minimum Gasteiger partial charge on any atom is -0.355 e. The Morgan fingerprint density at radius 3 is 2.61 bits per heavy atom. The lowest BCUT2D eigenvalue weighted by Crippen LogP contribution is -1.91. The van der Waals surface area contributed by atoms with Crippen molar-refractivity contribution in [1.82, 2.24) is 5.16 Å². The molecule has 0 aliphatic carbocycles. The molecule has 5 nitrogen and oxygen atoms in total. The number of aromatic nitrogens is 1. The average Bonchev–Trinajstić information content (AvgIpc) is 3.02. The monoisotopic (exact) mass is 326 g/mol. The van der Waals surface area contributed by atoms with Crippen molar-refractivity contribution < 1.29 is 9.45 Å². The highest BCUT2D eigenvalue weighted by molar-refractivity contribution is 6.33. The van der Waals surface area contributed by atoms with Crippen LogP contribution in [0.5, 0.6) is 0 Å². The Morgan fingerprint density at radius 2 is 1.87 bits per heavy atom. The first kappa shape index (κ1) is 15.0. The molecule has 3 aromatic rings. The summed E-state index contributed by atoms with van der Waals surface area (Å²) in [6.07, 6.45) is 3.65. The molecule has 0 fully saturated rings. The number of nitrogens with zero attached hydrogens (tertiary/aromatic N) is 2. The molecule has 3 rings (SSSR count). The standard InChI is InChI=1S/C17H11ClN2O3/c18-14-7-4-8-15(20(21)22)17(14)16-11-13(19-23-16)10-9-12-5-2-1-3-6-12/h1-11H/b10-9+. The lowest BCUT2D eigenvalue weighted by molar-refractivity contribution is -0.384. The summed E-state index contributed by atoms with van der Waals surface area (Å²) in [5.74, 6) is 0.259. The van der Waals surface area contributed by atoms with Crippen LogP contribution in [-0.2, 0) is 0 Å². The zero-order chi connectivity index (χ0) is 16.2. The summed E-state index contributed by atoms with van der Waals surface area (Å²) in [7, 11) is 0. The zero-order valence-electron chi connectivity index (χ0n) is 11.8. The third kappa shape index (κ3) is 3.30. The van der Waals surface area contributed by atoms with Crippen molar-refractivity contribution in [3.63, 3.8) is 0 Å². The van der Waals surface area contributed by atoms with Gasteiger partial charge in [-0.3, -0.25) is 10.1 Å². The van der Waals surface area contributed by atoms with Crippen molar-refractivity contribution in [1.29, 1.82) is 0 Å². The van der Waals surface area contributed by atoms with E-state index in [1.807, 2.05) is 36.4 Å². The van der Waals surface area contributed by atoms with E-state index in [0.717, 1.165) is 5.56 Å². The van der Waals surface area contributed by atoms with Gasteiger partial charge in [-0.2, -0.15) is 0 Å². The van der Waals surface area contributed by atoms with Crippen LogP contribution < -0.4 is 0 Å². The molecular weight excluding hydrogens is 316 g/mol. The SMILES string of the molecule is O=[N+]([O-])c1cccc(Cl)c1-c1cc(/C=C/c2ccccc2)no1. The van der Waals surface area contributed by atoms with Crippen molar-refractivity contribution in [2.24, 2.45) is 0 Å². The number of nitro groups is 1. The predicted octanol–water partition coefficient (Wildman–Crippen LogP) is 5.07. The van der Waals surface area contributed by atoms with Gasteiger partial charge < -0.3 is 4.52 Å². The summed E-state index contributed by atoms with van der Waals surface area (Å²) in [4.78, 5) is 10.6. The van der Waals surface area contributed by atoms with Crippen molar-refractivity contribution in [2.75, 3.05) is 0 Å². The number of hydrogen-bond donors (Lipinski definition) is 0. The first-order chi connectivity index (χ1) is 11.1. The molecule has 0 unspecified atom stereocenters. The lowest BCUT2D eigenvalue weighted by Gasteiger charge is -2.00. The molecule has 0 radical (unpaired) electrons. The van der Waals surface area contributed by atoms with E-state index in [2.05, 4.69) is 5.16 Å². The molecular formula is C17H11ClN2O3. The van der Waals surface area contributed by atoms with Crippen LogP contribution in [0.15, 0.2) is 59.1 Å². The van der Waals surface area contributed by atoms with Crippen molar-refractivity contribution in [3.05, 3.63) is 81.0 Å². The molecule has 0 spiro atoms. The molecule has 2 aromatic carbocycles.